The molecule has 4 rings (SSSR count). The molecule has 0 amide bonds. The molecule has 2 heterocycles. The van der Waals surface area contributed by atoms with Crippen molar-refractivity contribution >= 4 is 5.65 Å². The normalized spacial score (nSPS) is 16.6. The van der Waals surface area contributed by atoms with E-state index in [2.05, 4.69) is 10.2 Å². The lowest BCUT2D eigenvalue weighted by Gasteiger charge is -2.29. The van der Waals surface area contributed by atoms with Crippen LogP contribution in [-0.4, -0.2) is 28.3 Å². The van der Waals surface area contributed by atoms with E-state index in [4.69, 9.17) is 9.47 Å². The van der Waals surface area contributed by atoms with Gasteiger partial charge in [0.25, 0.3) is 0 Å². The first-order valence-corrected chi connectivity index (χ1v) is 9.59. The third-order valence-electron chi connectivity index (χ3n) is 5.47. The Bertz CT molecular complexity index is 1040. The number of nitrogens with zero attached hydrogens (tertiary/aromatic N) is 3. The van der Waals surface area contributed by atoms with Crippen molar-refractivity contribution in [1.82, 2.24) is 14.6 Å². The van der Waals surface area contributed by atoms with Crippen LogP contribution in [0.4, 0.5) is 17.6 Å². The number of methoxy groups -OCH3 is 1. The molecule has 0 spiro atoms. The molecule has 1 saturated carbocycles. The molecule has 2 aromatic heterocycles. The number of pyridine rings is 1. The van der Waals surface area contributed by atoms with Crippen LogP contribution in [0.2, 0.25) is 0 Å². The first kappa shape index (κ1) is 20.6. The molecule has 9 heteroatoms. The average Bonchev–Trinajstić information content (AvgIpc) is 3.44. The van der Waals surface area contributed by atoms with Gasteiger partial charge in [-0.05, 0) is 49.4 Å². The fourth-order valence-corrected chi connectivity index (χ4v) is 3.37. The van der Waals surface area contributed by atoms with Crippen LogP contribution in [-0.2, 0) is 22.9 Å². The quantitative estimate of drug-likeness (QED) is 0.513. The zero-order chi connectivity index (χ0) is 21.5. The maximum Gasteiger partial charge on any atom is 0.423 e. The van der Waals surface area contributed by atoms with Gasteiger partial charge in [-0.25, -0.2) is 4.39 Å². The Labute approximate surface area is 170 Å². The van der Waals surface area contributed by atoms with Crippen LogP contribution in [0.5, 0.6) is 5.75 Å². The molecule has 0 unspecified atom stereocenters. The molecule has 3 aromatic rings. The second-order valence-corrected chi connectivity index (χ2v) is 7.74. The SMILES string of the molecule is CO[C@@](C)(COc1ccn2c(CC3CC3)nnc2c1C(F)(F)F)c1ccc(F)cc1. The largest absolute Gasteiger partial charge is 0.489 e. The van der Waals surface area contributed by atoms with Gasteiger partial charge in [-0.3, -0.25) is 4.40 Å². The molecule has 0 N–H and O–H groups in total. The minimum Gasteiger partial charge on any atom is -0.489 e. The summed E-state index contributed by atoms with van der Waals surface area (Å²) in [6.45, 7) is 1.45. The standard InChI is InChI=1S/C21H21F4N3O2/c1-20(29-2,14-5-7-15(22)8-6-14)12-30-16-9-10-28-17(11-13-3-4-13)26-27-19(28)18(16)21(23,24)25/h5-10,13H,3-4,11-12H2,1-2H3/t20-/m0/s1. The summed E-state index contributed by atoms with van der Waals surface area (Å²) in [5.41, 5.74) is -1.75. The molecule has 0 saturated heterocycles. The molecule has 1 aliphatic carbocycles. The molecule has 0 radical (unpaired) electrons. The van der Waals surface area contributed by atoms with Gasteiger partial charge in [0.2, 0.25) is 0 Å². The number of aromatic nitrogens is 3. The Morgan fingerprint density at radius 2 is 1.80 bits per heavy atom. The second-order valence-electron chi connectivity index (χ2n) is 7.74. The minimum atomic E-state index is -4.68. The first-order chi connectivity index (χ1) is 14.2. The number of hydrogen-bond acceptors (Lipinski definition) is 4. The number of hydrogen-bond donors (Lipinski definition) is 0. The molecule has 30 heavy (non-hydrogen) atoms. The van der Waals surface area contributed by atoms with Crippen molar-refractivity contribution in [3.05, 3.63) is 59.3 Å². The van der Waals surface area contributed by atoms with Crippen LogP contribution < -0.4 is 4.74 Å². The van der Waals surface area contributed by atoms with Gasteiger partial charge < -0.3 is 9.47 Å². The maximum atomic E-state index is 13.9. The zero-order valence-electron chi connectivity index (χ0n) is 16.5. The summed E-state index contributed by atoms with van der Waals surface area (Å²) in [5, 5.41) is 7.77. The van der Waals surface area contributed by atoms with Gasteiger partial charge in [-0.15, -0.1) is 10.2 Å². The molecular formula is C21H21F4N3O2. The van der Waals surface area contributed by atoms with Gasteiger partial charge in [-0.1, -0.05) is 12.1 Å². The highest BCUT2D eigenvalue weighted by molar-refractivity contribution is 5.56. The monoisotopic (exact) mass is 423 g/mol. The smallest absolute Gasteiger partial charge is 0.423 e. The third kappa shape index (κ3) is 3.98. The summed E-state index contributed by atoms with van der Waals surface area (Å²) in [6.07, 6.45) is -0.464. The van der Waals surface area contributed by atoms with E-state index in [1.807, 2.05) is 0 Å². The summed E-state index contributed by atoms with van der Waals surface area (Å²) in [4.78, 5) is 0. The highest BCUT2D eigenvalue weighted by atomic mass is 19.4. The van der Waals surface area contributed by atoms with Gasteiger partial charge in [0.15, 0.2) is 5.65 Å². The second kappa shape index (κ2) is 7.54. The molecular weight excluding hydrogens is 402 g/mol. The fraction of sp³-hybridized carbons (Fsp3) is 0.429. The molecule has 0 aliphatic heterocycles. The van der Waals surface area contributed by atoms with Crippen LogP contribution in [0.3, 0.4) is 0 Å². The summed E-state index contributed by atoms with van der Waals surface area (Å²) >= 11 is 0. The highest BCUT2D eigenvalue weighted by Gasteiger charge is 2.40. The van der Waals surface area contributed by atoms with Gasteiger partial charge >= 0.3 is 6.18 Å². The molecule has 1 fully saturated rings. The molecule has 1 atom stereocenters. The Hall–Kier alpha value is -2.68. The first-order valence-electron chi connectivity index (χ1n) is 9.59. The number of halogens is 4. The minimum absolute atomic E-state index is 0.211. The predicted molar refractivity (Wildman–Crippen MR) is 101 cm³/mol. The van der Waals surface area contributed by atoms with E-state index in [1.54, 1.807) is 6.92 Å². The van der Waals surface area contributed by atoms with Crippen LogP contribution >= 0.6 is 0 Å². The number of benzene rings is 1. The summed E-state index contributed by atoms with van der Waals surface area (Å²) < 4.78 is 67.4. The number of alkyl halides is 3. The summed E-state index contributed by atoms with van der Waals surface area (Å²) in [6, 6.07) is 6.82. The predicted octanol–water partition coefficient (Wildman–Crippen LogP) is 4.78. The van der Waals surface area contributed by atoms with E-state index < -0.39 is 23.2 Å². The lowest BCUT2D eigenvalue weighted by atomic mass is 9.96. The van der Waals surface area contributed by atoms with Crippen LogP contribution in [0.1, 0.15) is 36.7 Å². The van der Waals surface area contributed by atoms with Gasteiger partial charge in [-0.2, -0.15) is 13.2 Å². The Kier molecular flexibility index (Phi) is 5.17. The van der Waals surface area contributed by atoms with Crippen molar-refractivity contribution < 1.29 is 27.0 Å². The van der Waals surface area contributed by atoms with Crippen molar-refractivity contribution in [2.45, 2.75) is 38.0 Å². The maximum absolute atomic E-state index is 13.9. The van der Waals surface area contributed by atoms with Crippen molar-refractivity contribution in [3.8, 4) is 5.75 Å². The van der Waals surface area contributed by atoms with Gasteiger partial charge in [0.1, 0.15) is 35.2 Å². The summed E-state index contributed by atoms with van der Waals surface area (Å²) in [5.74, 6) is 0.195. The average molecular weight is 423 g/mol. The van der Waals surface area contributed by atoms with Crippen LogP contribution in [0.15, 0.2) is 36.5 Å². The van der Waals surface area contributed by atoms with Crippen molar-refractivity contribution in [3.63, 3.8) is 0 Å². The lowest BCUT2D eigenvalue weighted by Crippen LogP contribution is -2.32. The van der Waals surface area contributed by atoms with E-state index in [0.717, 1.165) is 12.8 Å². The van der Waals surface area contributed by atoms with Crippen molar-refractivity contribution in [1.29, 1.82) is 0 Å². The zero-order valence-corrected chi connectivity index (χ0v) is 16.5. The molecule has 1 aliphatic rings. The van der Waals surface area contributed by atoms with E-state index in [0.29, 0.717) is 23.7 Å². The van der Waals surface area contributed by atoms with E-state index >= 15 is 0 Å². The van der Waals surface area contributed by atoms with Gasteiger partial charge in [0.05, 0.1) is 0 Å². The number of fused-ring (bicyclic) bond motifs is 1. The fourth-order valence-electron chi connectivity index (χ4n) is 3.37. The van der Waals surface area contributed by atoms with Gasteiger partial charge in [0, 0.05) is 19.7 Å². The summed E-state index contributed by atoms with van der Waals surface area (Å²) in [7, 11) is 1.42. The highest BCUT2D eigenvalue weighted by Crippen LogP contribution is 2.40. The Morgan fingerprint density at radius 1 is 1.10 bits per heavy atom. The van der Waals surface area contributed by atoms with Crippen molar-refractivity contribution in [2.75, 3.05) is 13.7 Å². The Morgan fingerprint density at radius 3 is 2.40 bits per heavy atom. The molecule has 5 nitrogen and oxygen atoms in total. The van der Waals surface area contributed by atoms with E-state index in [9.17, 15) is 17.6 Å². The van der Waals surface area contributed by atoms with E-state index in [-0.39, 0.29) is 18.0 Å². The molecule has 160 valence electrons. The lowest BCUT2D eigenvalue weighted by molar-refractivity contribution is -0.138. The third-order valence-corrected chi connectivity index (χ3v) is 5.47. The Balaban J connectivity index is 1.66. The molecule has 1 aromatic carbocycles. The number of ether oxygens (including phenoxy) is 2. The van der Waals surface area contributed by atoms with E-state index in [1.165, 1.54) is 48.0 Å². The molecule has 0 bridgehead atoms. The number of rotatable bonds is 7. The van der Waals surface area contributed by atoms with Crippen molar-refractivity contribution in [2.24, 2.45) is 5.92 Å². The van der Waals surface area contributed by atoms with Crippen LogP contribution in [0, 0.1) is 11.7 Å². The van der Waals surface area contributed by atoms with Crippen LogP contribution in [0.25, 0.3) is 5.65 Å². The topological polar surface area (TPSA) is 48.7 Å².